The van der Waals surface area contributed by atoms with E-state index in [1.54, 1.807) is 6.07 Å². The summed E-state index contributed by atoms with van der Waals surface area (Å²) in [6.07, 6.45) is 2.24. The van der Waals surface area contributed by atoms with Crippen LogP contribution in [0.4, 0.5) is 5.69 Å². The number of carbonyl (C=O) groups is 1. The number of pyridine rings is 1. The molecule has 1 aromatic heterocycles. The molecule has 0 unspecified atom stereocenters. The summed E-state index contributed by atoms with van der Waals surface area (Å²) in [7, 11) is 0. The van der Waals surface area contributed by atoms with Crippen LogP contribution in [0.3, 0.4) is 0 Å². The van der Waals surface area contributed by atoms with Crippen molar-refractivity contribution in [1.82, 2.24) is 4.98 Å². The van der Waals surface area contributed by atoms with Crippen LogP contribution >= 0.6 is 27.5 Å². The zero-order chi connectivity index (χ0) is 11.7. The second-order valence-electron chi connectivity index (χ2n) is 3.63. The van der Waals surface area contributed by atoms with Crippen LogP contribution in [0.5, 0.6) is 0 Å². The molecule has 1 N–H and O–H groups in total. The maximum Gasteiger partial charge on any atom is 0.355 e. The Hall–Kier alpha value is -0.810. The molecule has 6 heteroatoms. The minimum atomic E-state index is -1.07. The predicted molar refractivity (Wildman–Crippen MR) is 65.4 cm³/mol. The van der Waals surface area contributed by atoms with Crippen molar-refractivity contribution in [1.29, 1.82) is 0 Å². The fourth-order valence-corrected chi connectivity index (χ4v) is 2.63. The summed E-state index contributed by atoms with van der Waals surface area (Å²) in [6.45, 7) is 1.86. The summed E-state index contributed by atoms with van der Waals surface area (Å²) in [4.78, 5) is 16.9. The monoisotopic (exact) mass is 304 g/mol. The van der Waals surface area contributed by atoms with E-state index in [0.717, 1.165) is 31.6 Å². The molecule has 0 aliphatic carbocycles. The van der Waals surface area contributed by atoms with Gasteiger partial charge in [0.05, 0.1) is 10.2 Å². The fourth-order valence-electron chi connectivity index (χ4n) is 1.82. The van der Waals surface area contributed by atoms with Crippen LogP contribution in [0, 0.1) is 0 Å². The first-order chi connectivity index (χ1) is 7.59. The van der Waals surface area contributed by atoms with Crippen molar-refractivity contribution in [2.75, 3.05) is 18.0 Å². The summed E-state index contributed by atoms with van der Waals surface area (Å²) in [5.41, 5.74) is 0.782. The highest BCUT2D eigenvalue weighted by molar-refractivity contribution is 9.10. The molecule has 1 fully saturated rings. The smallest absolute Gasteiger partial charge is 0.355 e. The molecule has 0 saturated carbocycles. The first-order valence-corrected chi connectivity index (χ1v) is 6.11. The van der Waals surface area contributed by atoms with Gasteiger partial charge in [0.1, 0.15) is 5.15 Å². The van der Waals surface area contributed by atoms with Gasteiger partial charge in [-0.25, -0.2) is 9.78 Å². The Kier molecular flexibility index (Phi) is 3.35. The molecule has 4 nitrogen and oxygen atoms in total. The molecular weight excluding hydrogens is 295 g/mol. The van der Waals surface area contributed by atoms with Gasteiger partial charge in [0, 0.05) is 19.2 Å². The third-order valence-electron chi connectivity index (χ3n) is 2.56. The Bertz CT molecular complexity index is 433. The number of aromatic nitrogens is 1. The van der Waals surface area contributed by atoms with Gasteiger partial charge in [-0.3, -0.25) is 0 Å². The Morgan fingerprint density at radius 2 is 2.12 bits per heavy atom. The van der Waals surface area contributed by atoms with Gasteiger partial charge in [0.25, 0.3) is 0 Å². The SMILES string of the molecule is O=C(O)c1nc(Cl)cc(N2CCCC2)c1Br. The van der Waals surface area contributed by atoms with Crippen LogP contribution in [-0.2, 0) is 0 Å². The maximum absolute atomic E-state index is 11.0. The molecule has 0 atom stereocenters. The lowest BCUT2D eigenvalue weighted by Crippen LogP contribution is -2.19. The molecule has 0 bridgehead atoms. The normalized spacial score (nSPS) is 15.5. The first kappa shape index (κ1) is 11.7. The average Bonchev–Trinajstić information content (AvgIpc) is 2.73. The third-order valence-corrected chi connectivity index (χ3v) is 3.53. The van der Waals surface area contributed by atoms with Crippen molar-refractivity contribution in [2.45, 2.75) is 12.8 Å². The number of carboxylic acids is 1. The van der Waals surface area contributed by atoms with E-state index in [-0.39, 0.29) is 10.8 Å². The summed E-state index contributed by atoms with van der Waals surface area (Å²) >= 11 is 9.10. The van der Waals surface area contributed by atoms with Gasteiger partial charge in [-0.15, -0.1) is 0 Å². The van der Waals surface area contributed by atoms with E-state index in [0.29, 0.717) is 4.47 Å². The molecule has 0 aromatic carbocycles. The molecule has 16 heavy (non-hydrogen) atoms. The minimum Gasteiger partial charge on any atom is -0.476 e. The Labute approximate surface area is 106 Å². The summed E-state index contributed by atoms with van der Waals surface area (Å²) < 4.78 is 0.506. The number of halogens is 2. The molecule has 0 spiro atoms. The number of rotatable bonds is 2. The van der Waals surface area contributed by atoms with Crippen LogP contribution in [-0.4, -0.2) is 29.1 Å². The number of anilines is 1. The lowest BCUT2D eigenvalue weighted by molar-refractivity contribution is 0.0689. The number of hydrogen-bond donors (Lipinski definition) is 1. The topological polar surface area (TPSA) is 53.4 Å². The van der Waals surface area contributed by atoms with Crippen molar-refractivity contribution < 1.29 is 9.90 Å². The lowest BCUT2D eigenvalue weighted by atomic mass is 10.3. The van der Waals surface area contributed by atoms with Crippen molar-refractivity contribution in [2.24, 2.45) is 0 Å². The van der Waals surface area contributed by atoms with E-state index in [1.165, 1.54) is 0 Å². The molecule has 1 aliphatic rings. The minimum absolute atomic E-state index is 0.0330. The molecule has 2 heterocycles. The highest BCUT2D eigenvalue weighted by Crippen LogP contribution is 2.33. The highest BCUT2D eigenvalue weighted by Gasteiger charge is 2.21. The molecule has 86 valence electrons. The van der Waals surface area contributed by atoms with E-state index >= 15 is 0 Å². The average molecular weight is 306 g/mol. The number of nitrogens with zero attached hydrogens (tertiary/aromatic N) is 2. The van der Waals surface area contributed by atoms with E-state index in [2.05, 4.69) is 25.8 Å². The van der Waals surface area contributed by atoms with Crippen LogP contribution in [0.1, 0.15) is 23.3 Å². The molecule has 1 aliphatic heterocycles. The quantitative estimate of drug-likeness (QED) is 0.854. The second-order valence-corrected chi connectivity index (χ2v) is 4.81. The van der Waals surface area contributed by atoms with Crippen molar-refractivity contribution >= 4 is 39.2 Å². The third kappa shape index (κ3) is 2.15. The molecule has 1 aromatic rings. The zero-order valence-corrected chi connectivity index (χ0v) is 10.8. The number of carboxylic acid groups (broad SMARTS) is 1. The Morgan fingerprint density at radius 1 is 1.50 bits per heavy atom. The van der Waals surface area contributed by atoms with Crippen molar-refractivity contribution in [3.05, 3.63) is 21.4 Å². The summed E-state index contributed by atoms with van der Waals surface area (Å²) in [6, 6.07) is 1.70. The van der Waals surface area contributed by atoms with E-state index in [9.17, 15) is 4.79 Å². The van der Waals surface area contributed by atoms with Crippen molar-refractivity contribution in [3.63, 3.8) is 0 Å². The van der Waals surface area contributed by atoms with Crippen LogP contribution < -0.4 is 4.90 Å². The van der Waals surface area contributed by atoms with Crippen LogP contribution in [0.25, 0.3) is 0 Å². The first-order valence-electron chi connectivity index (χ1n) is 4.94. The number of hydrogen-bond acceptors (Lipinski definition) is 3. The number of aromatic carboxylic acids is 1. The molecule has 1 saturated heterocycles. The Balaban J connectivity index is 2.47. The van der Waals surface area contributed by atoms with Gasteiger partial charge < -0.3 is 10.0 Å². The van der Waals surface area contributed by atoms with Crippen molar-refractivity contribution in [3.8, 4) is 0 Å². The maximum atomic E-state index is 11.0. The van der Waals surface area contributed by atoms with Crippen LogP contribution in [0.2, 0.25) is 5.15 Å². The zero-order valence-electron chi connectivity index (χ0n) is 8.41. The lowest BCUT2D eigenvalue weighted by Gasteiger charge is -2.20. The van der Waals surface area contributed by atoms with E-state index in [4.69, 9.17) is 16.7 Å². The van der Waals surface area contributed by atoms with E-state index < -0.39 is 5.97 Å². The Morgan fingerprint density at radius 3 is 2.69 bits per heavy atom. The standard InChI is InChI=1S/C10H10BrClN2O2/c11-8-6(14-3-1-2-4-14)5-7(12)13-9(8)10(15)16/h5H,1-4H2,(H,15,16). The van der Waals surface area contributed by atoms with Gasteiger partial charge in [-0.1, -0.05) is 11.6 Å². The molecular formula is C10H10BrClN2O2. The summed E-state index contributed by atoms with van der Waals surface area (Å²) in [5.74, 6) is -1.07. The predicted octanol–water partition coefficient (Wildman–Crippen LogP) is 2.80. The van der Waals surface area contributed by atoms with Gasteiger partial charge >= 0.3 is 5.97 Å². The largest absolute Gasteiger partial charge is 0.476 e. The van der Waals surface area contributed by atoms with Gasteiger partial charge in [-0.2, -0.15) is 0 Å². The highest BCUT2D eigenvalue weighted by atomic mass is 79.9. The molecule has 0 amide bonds. The summed E-state index contributed by atoms with van der Waals surface area (Å²) in [5, 5.41) is 9.20. The van der Waals surface area contributed by atoms with Crippen LogP contribution in [0.15, 0.2) is 10.5 Å². The van der Waals surface area contributed by atoms with E-state index in [1.807, 2.05) is 0 Å². The van der Waals surface area contributed by atoms with Gasteiger partial charge in [-0.05, 0) is 28.8 Å². The second kappa shape index (κ2) is 4.59. The molecule has 2 rings (SSSR count). The van der Waals surface area contributed by atoms with Gasteiger partial charge in [0.2, 0.25) is 0 Å². The molecule has 0 radical (unpaired) electrons. The van der Waals surface area contributed by atoms with Gasteiger partial charge in [0.15, 0.2) is 5.69 Å². The fraction of sp³-hybridized carbons (Fsp3) is 0.400.